The van der Waals surface area contributed by atoms with Crippen LogP contribution in [0.3, 0.4) is 0 Å². The fraction of sp³-hybridized carbons (Fsp3) is 0.439. The van der Waals surface area contributed by atoms with Crippen LogP contribution in [0.15, 0.2) is 47.5 Å². The number of halogens is 2. The minimum atomic E-state index is -1.15. The quantitative estimate of drug-likeness (QED) is 0.111. The summed E-state index contributed by atoms with van der Waals surface area (Å²) in [6.45, 7) is 10.4. The van der Waals surface area contributed by atoms with E-state index in [1.165, 1.54) is 17.5 Å². The van der Waals surface area contributed by atoms with Crippen molar-refractivity contribution < 1.29 is 37.4 Å². The highest BCUT2D eigenvalue weighted by atomic mass is 19.2. The van der Waals surface area contributed by atoms with Gasteiger partial charge in [-0.3, -0.25) is 18.9 Å². The third-order valence-electron chi connectivity index (χ3n) is 10.7. The van der Waals surface area contributed by atoms with E-state index in [9.17, 15) is 19.2 Å². The van der Waals surface area contributed by atoms with Gasteiger partial charge < -0.3 is 34.7 Å². The van der Waals surface area contributed by atoms with Crippen molar-refractivity contribution in [1.82, 2.24) is 19.3 Å². The SMILES string of the molecule is CC(C)[C@H](N)C(=O)OCCOC(=O)c1ccc2ccc(-c3cnc4[nH]c5c(N(C)C(=O)OC(C)(C)C)cc(F)c(F)c5c4c3N3CC[C@H]4CN(C)C[C@H]43)cn2c1=O. The van der Waals surface area contributed by atoms with Gasteiger partial charge in [0.1, 0.15) is 36.1 Å². The standard InChI is InChI=1S/C41H47F2N7O7/c1-21(2)33(44)39(53)56-15-14-55-38(52)25-11-10-24-9-8-22(19-50(24)37(25)51)26-17-45-36-31(35(26)49-13-12-23-18-47(6)20-29(23)49)30-32(43)27(42)16-28(34(30)46-36)48(7)40(54)57-41(3,4)5/h8-11,16-17,19,21,23,29,33H,12-15,18,20,44H2,1-7H3,(H,45,46)/t23-,29+,33-/m0/s1. The van der Waals surface area contributed by atoms with E-state index in [2.05, 4.69) is 14.8 Å². The van der Waals surface area contributed by atoms with Crippen molar-refractivity contribution in [3.05, 3.63) is 70.3 Å². The first-order chi connectivity index (χ1) is 26.9. The number of carbonyl (C=O) groups excluding carboxylic acids is 3. The van der Waals surface area contributed by atoms with Gasteiger partial charge in [-0.2, -0.15) is 0 Å². The largest absolute Gasteiger partial charge is 0.461 e. The first kappa shape index (κ1) is 39.6. The summed E-state index contributed by atoms with van der Waals surface area (Å²) >= 11 is 0. The number of aromatic nitrogens is 3. The molecule has 0 aliphatic carbocycles. The monoisotopic (exact) mass is 787 g/mol. The zero-order valence-corrected chi connectivity index (χ0v) is 33.0. The minimum Gasteiger partial charge on any atom is -0.461 e. The molecule has 14 nitrogen and oxygen atoms in total. The Balaban J connectivity index is 1.33. The number of likely N-dealkylation sites (N-methyl/N-ethyl adjacent to an activating group) is 1. The lowest BCUT2D eigenvalue weighted by atomic mass is 10.00. The van der Waals surface area contributed by atoms with Gasteiger partial charge in [0, 0.05) is 67.8 Å². The average molecular weight is 788 g/mol. The van der Waals surface area contributed by atoms with Crippen LogP contribution in [0.1, 0.15) is 51.4 Å². The smallest absolute Gasteiger partial charge is 0.414 e. The second-order valence-corrected chi connectivity index (χ2v) is 16.2. The van der Waals surface area contributed by atoms with Crippen molar-refractivity contribution in [2.24, 2.45) is 17.6 Å². The van der Waals surface area contributed by atoms with Gasteiger partial charge in [0.2, 0.25) is 0 Å². The van der Waals surface area contributed by atoms with E-state index in [1.807, 2.05) is 7.05 Å². The molecule has 2 saturated heterocycles. The number of fused-ring (bicyclic) bond motifs is 5. The zero-order chi connectivity index (χ0) is 41.1. The Morgan fingerprint density at radius 2 is 1.79 bits per heavy atom. The molecule has 0 spiro atoms. The van der Waals surface area contributed by atoms with E-state index in [1.54, 1.807) is 65.2 Å². The van der Waals surface area contributed by atoms with Crippen LogP contribution >= 0.6 is 0 Å². The number of hydrogen-bond donors (Lipinski definition) is 2. The number of hydrogen-bond acceptors (Lipinski definition) is 11. The van der Waals surface area contributed by atoms with Crippen molar-refractivity contribution >= 4 is 56.9 Å². The Bertz CT molecular complexity index is 2480. The summed E-state index contributed by atoms with van der Waals surface area (Å²) in [5.74, 6) is -3.58. The molecule has 1 aromatic carbocycles. The van der Waals surface area contributed by atoms with Crippen LogP contribution in [0.25, 0.3) is 38.6 Å². The molecule has 4 aromatic heterocycles. The van der Waals surface area contributed by atoms with Gasteiger partial charge in [-0.15, -0.1) is 0 Å². The molecule has 2 aliphatic heterocycles. The van der Waals surface area contributed by atoms with E-state index < -0.39 is 46.9 Å². The molecule has 7 rings (SSSR count). The zero-order valence-electron chi connectivity index (χ0n) is 33.0. The van der Waals surface area contributed by atoms with Crippen LogP contribution in [0.5, 0.6) is 0 Å². The third kappa shape index (κ3) is 7.39. The molecule has 0 bridgehead atoms. The summed E-state index contributed by atoms with van der Waals surface area (Å²) in [4.78, 5) is 65.7. The number of rotatable bonds is 9. The van der Waals surface area contributed by atoms with Gasteiger partial charge >= 0.3 is 18.0 Å². The molecular formula is C41H47F2N7O7. The molecule has 3 N–H and O–H groups in total. The van der Waals surface area contributed by atoms with Crippen LogP contribution in [-0.2, 0) is 19.0 Å². The van der Waals surface area contributed by atoms with E-state index in [4.69, 9.17) is 24.9 Å². The summed E-state index contributed by atoms with van der Waals surface area (Å²) in [6.07, 6.45) is 3.33. The normalized spacial score (nSPS) is 17.8. The Kier molecular flexibility index (Phi) is 10.5. The predicted octanol–water partition coefficient (Wildman–Crippen LogP) is 5.47. The Hall–Kier alpha value is -5.61. The molecule has 302 valence electrons. The maximum Gasteiger partial charge on any atom is 0.414 e. The topological polar surface area (TPSA) is 165 Å². The fourth-order valence-electron chi connectivity index (χ4n) is 7.81. The highest BCUT2D eigenvalue weighted by Crippen LogP contribution is 2.47. The molecule has 2 fully saturated rings. The van der Waals surface area contributed by atoms with Gasteiger partial charge in [0.25, 0.3) is 5.56 Å². The van der Waals surface area contributed by atoms with Gasteiger partial charge in [0.15, 0.2) is 11.6 Å². The van der Waals surface area contributed by atoms with Gasteiger partial charge in [-0.25, -0.2) is 23.4 Å². The Morgan fingerprint density at radius 3 is 2.51 bits per heavy atom. The third-order valence-corrected chi connectivity index (χ3v) is 10.7. The van der Waals surface area contributed by atoms with Crippen molar-refractivity contribution in [3.8, 4) is 11.1 Å². The van der Waals surface area contributed by atoms with Crippen LogP contribution in [0.4, 0.5) is 25.0 Å². The summed E-state index contributed by atoms with van der Waals surface area (Å²) in [5, 5.41) is 0.253. The first-order valence-corrected chi connectivity index (χ1v) is 18.9. The highest BCUT2D eigenvalue weighted by Gasteiger charge is 2.42. The maximum atomic E-state index is 16.3. The highest BCUT2D eigenvalue weighted by molar-refractivity contribution is 6.19. The molecule has 2 aliphatic rings. The Labute approximate surface area is 327 Å². The number of amides is 1. The fourth-order valence-corrected chi connectivity index (χ4v) is 7.81. The lowest BCUT2D eigenvalue weighted by Crippen LogP contribution is -2.37. The summed E-state index contributed by atoms with van der Waals surface area (Å²) in [6, 6.07) is 6.69. The molecule has 0 unspecified atom stereocenters. The van der Waals surface area contributed by atoms with E-state index >= 15 is 8.78 Å². The van der Waals surface area contributed by atoms with Crippen molar-refractivity contribution in [3.63, 3.8) is 0 Å². The molecule has 1 amide bonds. The second-order valence-electron chi connectivity index (χ2n) is 16.2. The molecule has 6 heterocycles. The number of anilines is 2. The lowest BCUT2D eigenvalue weighted by molar-refractivity contribution is -0.147. The number of aromatic amines is 1. The van der Waals surface area contributed by atoms with Crippen LogP contribution in [0, 0.1) is 23.5 Å². The molecular weight excluding hydrogens is 740 g/mol. The van der Waals surface area contributed by atoms with Crippen molar-refractivity contribution in [2.45, 2.75) is 58.7 Å². The first-order valence-electron chi connectivity index (χ1n) is 18.9. The molecule has 3 atom stereocenters. The number of carbonyl (C=O) groups is 3. The summed E-state index contributed by atoms with van der Waals surface area (Å²) < 4.78 is 49.2. The lowest BCUT2D eigenvalue weighted by Gasteiger charge is -2.29. The summed E-state index contributed by atoms with van der Waals surface area (Å²) in [5.41, 5.74) is 6.75. The maximum absolute atomic E-state index is 16.3. The average Bonchev–Trinajstić information content (AvgIpc) is 3.85. The van der Waals surface area contributed by atoms with Gasteiger partial charge in [-0.1, -0.05) is 19.9 Å². The number of esters is 2. The van der Waals surface area contributed by atoms with Gasteiger partial charge in [-0.05, 0) is 64.3 Å². The number of nitrogens with zero attached hydrogens (tertiary/aromatic N) is 5. The Morgan fingerprint density at radius 1 is 1.07 bits per heavy atom. The molecule has 16 heteroatoms. The summed E-state index contributed by atoms with van der Waals surface area (Å²) in [7, 11) is 3.48. The number of likely N-dealkylation sites (tertiary alicyclic amines) is 1. The van der Waals surface area contributed by atoms with Crippen molar-refractivity contribution in [1.29, 1.82) is 0 Å². The number of H-pyrrole nitrogens is 1. The number of benzene rings is 1. The molecule has 5 aromatic rings. The number of nitrogens with one attached hydrogen (secondary N) is 1. The number of nitrogens with two attached hydrogens (primary N) is 1. The second kappa shape index (κ2) is 15.0. The molecule has 0 radical (unpaired) electrons. The predicted molar refractivity (Wildman–Crippen MR) is 212 cm³/mol. The minimum absolute atomic E-state index is 0.0507. The number of pyridine rings is 3. The van der Waals surface area contributed by atoms with E-state index in [0.717, 1.165) is 30.5 Å². The van der Waals surface area contributed by atoms with Crippen molar-refractivity contribution in [2.75, 3.05) is 56.7 Å². The van der Waals surface area contributed by atoms with E-state index in [-0.39, 0.29) is 53.0 Å². The van der Waals surface area contributed by atoms with Crippen LogP contribution < -0.4 is 21.1 Å². The molecule has 57 heavy (non-hydrogen) atoms. The van der Waals surface area contributed by atoms with Crippen LogP contribution in [-0.4, -0.2) is 102 Å². The van der Waals surface area contributed by atoms with Crippen LogP contribution in [0.2, 0.25) is 0 Å². The molecule has 0 saturated carbocycles. The number of ether oxygens (including phenoxy) is 3. The van der Waals surface area contributed by atoms with E-state index in [0.29, 0.717) is 40.2 Å². The van der Waals surface area contributed by atoms with Gasteiger partial charge in [0.05, 0.1) is 27.7 Å².